The van der Waals surface area contributed by atoms with E-state index in [9.17, 15) is 9.59 Å². The van der Waals surface area contributed by atoms with Crippen LogP contribution in [0.4, 0.5) is 0 Å². The third kappa shape index (κ3) is 4.33. The largest absolute Gasteiger partial charge is 0.463 e. The number of nitrogens with one attached hydrogen (secondary N) is 1. The van der Waals surface area contributed by atoms with Crippen LogP contribution in [-0.2, 0) is 27.2 Å². The number of benzene rings is 2. The molecule has 0 aliphatic heterocycles. The van der Waals surface area contributed by atoms with E-state index >= 15 is 0 Å². The molecular formula is C24H27NO3. The lowest BCUT2D eigenvalue weighted by Gasteiger charge is -2.32. The van der Waals surface area contributed by atoms with E-state index < -0.39 is 0 Å². The molecular weight excluding hydrogens is 350 g/mol. The lowest BCUT2D eigenvalue weighted by molar-refractivity contribution is -0.139. The number of hydrogen-bond acceptors (Lipinski definition) is 3. The quantitative estimate of drug-likeness (QED) is 0.770. The first-order valence-electron chi connectivity index (χ1n) is 9.84. The summed E-state index contributed by atoms with van der Waals surface area (Å²) in [5.74, 6) is -0.234. The third-order valence-electron chi connectivity index (χ3n) is 5.14. The summed E-state index contributed by atoms with van der Waals surface area (Å²) in [6.45, 7) is 6.30. The molecule has 0 heterocycles. The van der Waals surface area contributed by atoms with E-state index in [0.717, 1.165) is 23.1 Å². The molecule has 1 amide bonds. The van der Waals surface area contributed by atoms with Crippen LogP contribution >= 0.6 is 0 Å². The average Bonchev–Trinajstić information content (AvgIpc) is 2.68. The molecule has 0 radical (unpaired) electrons. The molecule has 28 heavy (non-hydrogen) atoms. The van der Waals surface area contributed by atoms with Crippen molar-refractivity contribution in [2.24, 2.45) is 11.8 Å². The molecule has 4 nitrogen and oxygen atoms in total. The summed E-state index contributed by atoms with van der Waals surface area (Å²) in [6, 6.07) is 17.5. The highest BCUT2D eigenvalue weighted by molar-refractivity contribution is 6.02. The van der Waals surface area contributed by atoms with Gasteiger partial charge in [0.15, 0.2) is 0 Å². The van der Waals surface area contributed by atoms with E-state index in [-0.39, 0.29) is 30.1 Å². The highest BCUT2D eigenvalue weighted by Crippen LogP contribution is 2.38. The summed E-state index contributed by atoms with van der Waals surface area (Å²) in [7, 11) is 0. The fraction of sp³-hybridized carbons (Fsp3) is 0.333. The summed E-state index contributed by atoms with van der Waals surface area (Å²) in [6.07, 6.45) is 1.02. The van der Waals surface area contributed by atoms with Crippen molar-refractivity contribution in [3.05, 3.63) is 76.9 Å². The summed E-state index contributed by atoms with van der Waals surface area (Å²) in [5.41, 5.74) is 4.16. The molecule has 0 saturated heterocycles. The van der Waals surface area contributed by atoms with Crippen molar-refractivity contribution in [2.75, 3.05) is 6.61 Å². The maximum absolute atomic E-state index is 12.8. The predicted octanol–water partition coefficient (Wildman–Crippen LogP) is 4.15. The van der Waals surface area contributed by atoms with Gasteiger partial charge in [-0.25, -0.2) is 4.79 Å². The molecule has 0 unspecified atom stereocenters. The number of esters is 1. The monoisotopic (exact) mass is 377 g/mol. The second-order valence-corrected chi connectivity index (χ2v) is 7.43. The molecule has 1 aliphatic carbocycles. The molecule has 0 saturated carbocycles. The lowest BCUT2D eigenvalue weighted by atomic mass is 9.75. The van der Waals surface area contributed by atoms with Crippen LogP contribution in [0.15, 0.2) is 60.2 Å². The summed E-state index contributed by atoms with van der Waals surface area (Å²) < 4.78 is 5.36. The maximum atomic E-state index is 12.8. The van der Waals surface area contributed by atoms with Gasteiger partial charge in [-0.05, 0) is 36.3 Å². The minimum Gasteiger partial charge on any atom is -0.463 e. The van der Waals surface area contributed by atoms with Crippen molar-refractivity contribution >= 4 is 17.6 Å². The number of hydrogen-bond donors (Lipinski definition) is 1. The van der Waals surface area contributed by atoms with Crippen LogP contribution in [-0.4, -0.2) is 18.5 Å². The lowest BCUT2D eigenvalue weighted by Crippen LogP contribution is -2.34. The number of carbonyl (C=O) groups excluding carboxylic acids is 2. The Hall–Kier alpha value is -2.88. The molecule has 1 aliphatic rings. The molecule has 3 rings (SSSR count). The van der Waals surface area contributed by atoms with Gasteiger partial charge in [-0.1, -0.05) is 68.4 Å². The highest BCUT2D eigenvalue weighted by atomic mass is 16.5. The Morgan fingerprint density at radius 2 is 1.75 bits per heavy atom. The topological polar surface area (TPSA) is 55.4 Å². The fourth-order valence-electron chi connectivity index (χ4n) is 3.74. The zero-order valence-corrected chi connectivity index (χ0v) is 16.7. The minimum atomic E-state index is -0.342. The van der Waals surface area contributed by atoms with E-state index in [2.05, 4.69) is 25.2 Å². The number of fused-ring (bicyclic) bond motifs is 1. The predicted molar refractivity (Wildman–Crippen MR) is 110 cm³/mol. The molecule has 146 valence electrons. The van der Waals surface area contributed by atoms with Crippen molar-refractivity contribution in [1.29, 1.82) is 0 Å². The first-order chi connectivity index (χ1) is 13.5. The van der Waals surface area contributed by atoms with E-state index in [1.54, 1.807) is 6.92 Å². The molecule has 1 atom stereocenters. The highest BCUT2D eigenvalue weighted by Gasteiger charge is 2.34. The maximum Gasteiger partial charge on any atom is 0.336 e. The molecule has 2 aromatic carbocycles. The van der Waals surface area contributed by atoms with Crippen molar-refractivity contribution < 1.29 is 14.3 Å². The van der Waals surface area contributed by atoms with E-state index in [4.69, 9.17) is 4.74 Å². The number of amides is 1. The van der Waals surface area contributed by atoms with Crippen LogP contribution in [0.3, 0.4) is 0 Å². The zero-order chi connectivity index (χ0) is 20.1. The standard InChI is InChI=1S/C24H27NO3/c1-4-28-24(27)22-20(16(2)3)15-18-12-8-9-13-19(18)23(22)25-21(26)14-17-10-6-5-7-11-17/h5-13,16,20H,4,14-15H2,1-3H3,(H,25,26)/t20-/m1/s1. The molecule has 1 N–H and O–H groups in total. The van der Waals surface area contributed by atoms with Crippen LogP contribution in [0.5, 0.6) is 0 Å². The second-order valence-electron chi connectivity index (χ2n) is 7.43. The molecule has 2 aromatic rings. The van der Waals surface area contributed by atoms with E-state index in [1.165, 1.54) is 0 Å². The molecule has 4 heteroatoms. The van der Waals surface area contributed by atoms with Gasteiger partial charge in [0, 0.05) is 5.56 Å². The molecule has 0 spiro atoms. The van der Waals surface area contributed by atoms with Gasteiger partial charge in [-0.15, -0.1) is 0 Å². The van der Waals surface area contributed by atoms with Crippen LogP contribution in [0, 0.1) is 11.8 Å². The summed E-state index contributed by atoms with van der Waals surface area (Å²) in [4.78, 5) is 25.6. The first kappa shape index (κ1) is 19.9. The fourth-order valence-corrected chi connectivity index (χ4v) is 3.74. The number of rotatable bonds is 6. The Morgan fingerprint density at radius 3 is 2.43 bits per heavy atom. The van der Waals surface area contributed by atoms with Gasteiger partial charge >= 0.3 is 5.97 Å². The average molecular weight is 377 g/mol. The summed E-state index contributed by atoms with van der Waals surface area (Å²) >= 11 is 0. The molecule has 0 fully saturated rings. The van der Waals surface area contributed by atoms with Crippen LogP contribution in [0.25, 0.3) is 5.70 Å². The van der Waals surface area contributed by atoms with Crippen molar-refractivity contribution in [2.45, 2.75) is 33.6 Å². The number of carbonyl (C=O) groups is 2. The molecule has 0 bridgehead atoms. The number of ether oxygens (including phenoxy) is 1. The van der Waals surface area contributed by atoms with Gasteiger partial charge in [-0.2, -0.15) is 0 Å². The van der Waals surface area contributed by atoms with E-state index in [1.807, 2.05) is 48.5 Å². The molecule has 0 aromatic heterocycles. The van der Waals surface area contributed by atoms with E-state index in [0.29, 0.717) is 17.9 Å². The van der Waals surface area contributed by atoms with Gasteiger partial charge in [0.05, 0.1) is 24.3 Å². The smallest absolute Gasteiger partial charge is 0.336 e. The van der Waals surface area contributed by atoms with Crippen molar-refractivity contribution in [3.63, 3.8) is 0 Å². The van der Waals surface area contributed by atoms with Gasteiger partial charge < -0.3 is 10.1 Å². The van der Waals surface area contributed by atoms with Crippen molar-refractivity contribution in [1.82, 2.24) is 5.32 Å². The Morgan fingerprint density at radius 1 is 1.07 bits per heavy atom. The van der Waals surface area contributed by atoms with Gasteiger partial charge in [0.25, 0.3) is 0 Å². The Kier molecular flexibility index (Phi) is 6.30. The van der Waals surface area contributed by atoms with Crippen LogP contribution in [0.1, 0.15) is 37.5 Å². The Labute approximate surface area is 166 Å². The minimum absolute atomic E-state index is 0.000903. The van der Waals surface area contributed by atoms with Gasteiger partial charge in [0.1, 0.15) is 0 Å². The third-order valence-corrected chi connectivity index (χ3v) is 5.14. The van der Waals surface area contributed by atoms with Gasteiger partial charge in [0.2, 0.25) is 5.91 Å². The van der Waals surface area contributed by atoms with Crippen LogP contribution < -0.4 is 5.32 Å². The van der Waals surface area contributed by atoms with Crippen LogP contribution in [0.2, 0.25) is 0 Å². The Balaban J connectivity index is 2.02. The summed E-state index contributed by atoms with van der Waals surface area (Å²) in [5, 5.41) is 3.04. The van der Waals surface area contributed by atoms with Crippen molar-refractivity contribution in [3.8, 4) is 0 Å². The normalized spacial score (nSPS) is 15.9. The zero-order valence-electron chi connectivity index (χ0n) is 16.7. The van der Waals surface area contributed by atoms with Gasteiger partial charge in [-0.3, -0.25) is 4.79 Å². The SMILES string of the molecule is CCOC(=O)C1=C(NC(=O)Cc2ccccc2)c2ccccc2C[C@@H]1C(C)C. The second kappa shape index (κ2) is 8.87. The Bertz CT molecular complexity index is 884. The first-order valence-corrected chi connectivity index (χ1v) is 9.84.